The Labute approximate surface area is 150 Å². The molecule has 0 radical (unpaired) electrons. The van der Waals surface area contributed by atoms with Gasteiger partial charge in [0.05, 0.1) is 12.5 Å². The Bertz CT molecular complexity index is 827. The lowest BCUT2D eigenvalue weighted by molar-refractivity contribution is -0.303. The van der Waals surface area contributed by atoms with Crippen LogP contribution in [-0.4, -0.2) is 24.3 Å². The van der Waals surface area contributed by atoms with Crippen molar-refractivity contribution >= 4 is 29.9 Å². The Kier molecular flexibility index (Phi) is 6.88. The Morgan fingerprint density at radius 2 is 1.46 bits per heavy atom. The van der Waals surface area contributed by atoms with Gasteiger partial charge in [-0.25, -0.2) is 0 Å². The first kappa shape index (κ1) is 18.7. The van der Waals surface area contributed by atoms with E-state index in [0.717, 1.165) is 5.56 Å². The molecule has 0 aromatic heterocycles. The number of amides is 2. The zero-order chi connectivity index (χ0) is 18.8. The minimum absolute atomic E-state index is 0.0693. The minimum atomic E-state index is -1.42. The van der Waals surface area contributed by atoms with Crippen molar-refractivity contribution < 1.29 is 19.5 Å². The molecule has 2 rings (SSSR count). The predicted octanol–water partition coefficient (Wildman–Crippen LogP) is 0.723. The molecule has 0 heterocycles. The fourth-order valence-corrected chi connectivity index (χ4v) is 2.03. The van der Waals surface area contributed by atoms with E-state index in [0.29, 0.717) is 5.56 Å². The highest BCUT2D eigenvalue weighted by Crippen LogP contribution is 2.06. The van der Waals surface area contributed by atoms with Crippen molar-refractivity contribution in [3.05, 3.63) is 83.6 Å². The van der Waals surface area contributed by atoms with Gasteiger partial charge in [0.2, 0.25) is 5.91 Å². The van der Waals surface area contributed by atoms with E-state index >= 15 is 0 Å². The number of hydrogen-bond donors (Lipinski definition) is 2. The number of hydrogen-bond acceptors (Lipinski definition) is 4. The van der Waals surface area contributed by atoms with Gasteiger partial charge in [0.1, 0.15) is 5.70 Å². The molecule has 2 N–H and O–H groups in total. The molecule has 2 aromatic rings. The summed E-state index contributed by atoms with van der Waals surface area (Å²) >= 11 is 0. The normalized spacial score (nSPS) is 11.2. The molecule has 0 spiro atoms. The van der Waals surface area contributed by atoms with Crippen molar-refractivity contribution in [3.8, 4) is 0 Å². The Morgan fingerprint density at radius 1 is 0.885 bits per heavy atom. The number of carbonyl (C=O) groups is 3. The quantitative estimate of drug-likeness (QED) is 0.720. The van der Waals surface area contributed by atoms with Crippen molar-refractivity contribution in [2.75, 3.05) is 6.54 Å². The molecule has 0 aliphatic carbocycles. The third kappa shape index (κ3) is 6.45. The van der Waals surface area contributed by atoms with Crippen LogP contribution >= 0.6 is 0 Å². The summed E-state index contributed by atoms with van der Waals surface area (Å²) in [5.74, 6) is -2.66. The van der Waals surface area contributed by atoms with Crippen LogP contribution in [0.2, 0.25) is 0 Å². The summed E-state index contributed by atoms with van der Waals surface area (Å²) in [6, 6.07) is 18.1. The van der Waals surface area contributed by atoms with E-state index in [2.05, 4.69) is 10.6 Å². The van der Waals surface area contributed by atoms with E-state index in [1.54, 1.807) is 30.3 Å². The average molecular weight is 349 g/mol. The zero-order valence-corrected chi connectivity index (χ0v) is 13.8. The van der Waals surface area contributed by atoms with E-state index in [9.17, 15) is 19.5 Å². The number of nitrogens with one attached hydrogen (secondary N) is 2. The maximum Gasteiger partial charge on any atom is 0.268 e. The van der Waals surface area contributed by atoms with Crippen LogP contribution in [-0.2, 0) is 14.4 Å². The Hall–Kier alpha value is -3.67. The van der Waals surface area contributed by atoms with E-state index in [-0.39, 0.29) is 5.70 Å². The number of aliphatic carboxylic acids is 1. The second-order valence-corrected chi connectivity index (χ2v) is 5.26. The van der Waals surface area contributed by atoms with Crippen LogP contribution in [0.15, 0.2) is 72.4 Å². The molecule has 6 nitrogen and oxygen atoms in total. The van der Waals surface area contributed by atoms with E-state index in [1.165, 1.54) is 12.2 Å². The van der Waals surface area contributed by atoms with Gasteiger partial charge < -0.3 is 20.5 Å². The fourth-order valence-electron chi connectivity index (χ4n) is 2.03. The van der Waals surface area contributed by atoms with Gasteiger partial charge in [0.25, 0.3) is 5.91 Å². The van der Waals surface area contributed by atoms with Gasteiger partial charge in [0, 0.05) is 6.08 Å². The van der Waals surface area contributed by atoms with E-state index in [1.807, 2.05) is 36.4 Å². The Balaban J connectivity index is 2.14. The molecule has 0 bridgehead atoms. The smallest absolute Gasteiger partial charge is 0.268 e. The van der Waals surface area contributed by atoms with Crippen molar-refractivity contribution in [1.29, 1.82) is 0 Å². The standard InChI is InChI=1S/C20H18N2O4/c23-18(12-11-15-7-3-1-4-8-15)22-17(20(26)21-14-19(24)25)13-16-9-5-2-6-10-16/h1-13H,14H2,(H,21,26)(H,22,23)(H,24,25)/p-1/b12-11+,17-13+. The molecule has 2 aromatic carbocycles. The molecule has 2 amide bonds. The molecule has 0 aliphatic rings. The van der Waals surface area contributed by atoms with Crippen LogP contribution in [0.1, 0.15) is 11.1 Å². The van der Waals surface area contributed by atoms with Crippen molar-refractivity contribution in [1.82, 2.24) is 10.6 Å². The van der Waals surface area contributed by atoms with Crippen LogP contribution in [0.3, 0.4) is 0 Å². The summed E-state index contributed by atoms with van der Waals surface area (Å²) in [6.07, 6.45) is 4.35. The van der Waals surface area contributed by atoms with Gasteiger partial charge in [-0.1, -0.05) is 60.7 Å². The number of rotatable bonds is 7. The molecule has 0 unspecified atom stereocenters. The number of carboxylic acids is 1. The first-order valence-electron chi connectivity index (χ1n) is 7.83. The van der Waals surface area contributed by atoms with Gasteiger partial charge in [-0.2, -0.15) is 0 Å². The van der Waals surface area contributed by atoms with E-state index < -0.39 is 24.3 Å². The predicted molar refractivity (Wildman–Crippen MR) is 96.1 cm³/mol. The first-order chi connectivity index (χ1) is 12.5. The summed E-state index contributed by atoms with van der Waals surface area (Å²) in [4.78, 5) is 34.8. The zero-order valence-electron chi connectivity index (χ0n) is 13.8. The highest BCUT2D eigenvalue weighted by Gasteiger charge is 2.11. The third-order valence-electron chi connectivity index (χ3n) is 3.23. The van der Waals surface area contributed by atoms with Gasteiger partial charge >= 0.3 is 0 Å². The highest BCUT2D eigenvalue weighted by atomic mass is 16.4. The summed E-state index contributed by atoms with van der Waals surface area (Å²) < 4.78 is 0. The lowest BCUT2D eigenvalue weighted by Gasteiger charge is -2.10. The van der Waals surface area contributed by atoms with Crippen LogP contribution in [0, 0.1) is 0 Å². The van der Waals surface area contributed by atoms with Crippen LogP contribution < -0.4 is 15.7 Å². The maximum atomic E-state index is 12.2. The number of carboxylic acid groups (broad SMARTS) is 1. The molecule has 26 heavy (non-hydrogen) atoms. The van der Waals surface area contributed by atoms with Gasteiger partial charge in [-0.3, -0.25) is 9.59 Å². The molecular weight excluding hydrogens is 332 g/mol. The first-order valence-corrected chi connectivity index (χ1v) is 7.83. The molecule has 0 aliphatic heterocycles. The fraction of sp³-hybridized carbons (Fsp3) is 0.0500. The molecule has 0 atom stereocenters. The molecular formula is C20H17N2O4-. The van der Waals surface area contributed by atoms with Crippen LogP contribution in [0.4, 0.5) is 0 Å². The second-order valence-electron chi connectivity index (χ2n) is 5.26. The monoisotopic (exact) mass is 349 g/mol. The second kappa shape index (κ2) is 9.58. The van der Waals surface area contributed by atoms with Crippen LogP contribution in [0.25, 0.3) is 12.2 Å². The number of carbonyl (C=O) groups excluding carboxylic acids is 3. The highest BCUT2D eigenvalue weighted by molar-refractivity contribution is 6.04. The maximum absolute atomic E-state index is 12.2. The van der Waals surface area contributed by atoms with Crippen molar-refractivity contribution in [2.24, 2.45) is 0 Å². The van der Waals surface area contributed by atoms with Gasteiger partial charge in [-0.15, -0.1) is 0 Å². The van der Waals surface area contributed by atoms with Gasteiger partial charge in [0.15, 0.2) is 0 Å². The summed E-state index contributed by atoms with van der Waals surface area (Å²) in [5, 5.41) is 15.2. The molecule has 6 heteroatoms. The topological polar surface area (TPSA) is 98.3 Å². The average Bonchev–Trinajstić information content (AvgIpc) is 2.65. The lowest BCUT2D eigenvalue weighted by atomic mass is 10.2. The molecule has 132 valence electrons. The SMILES string of the molecule is O=C([O-])CNC(=O)/C(=C\c1ccccc1)NC(=O)/C=C/c1ccccc1. The molecule has 0 saturated heterocycles. The summed E-state index contributed by atoms with van der Waals surface area (Å²) in [7, 11) is 0. The third-order valence-corrected chi connectivity index (χ3v) is 3.23. The minimum Gasteiger partial charge on any atom is -0.548 e. The number of benzene rings is 2. The summed E-state index contributed by atoms with van der Waals surface area (Å²) in [6.45, 7) is -0.652. The molecule has 0 saturated carbocycles. The largest absolute Gasteiger partial charge is 0.548 e. The van der Waals surface area contributed by atoms with Crippen LogP contribution in [0.5, 0.6) is 0 Å². The Morgan fingerprint density at radius 3 is 2.04 bits per heavy atom. The lowest BCUT2D eigenvalue weighted by Crippen LogP contribution is -2.41. The van der Waals surface area contributed by atoms with Crippen molar-refractivity contribution in [3.63, 3.8) is 0 Å². The molecule has 0 fully saturated rings. The van der Waals surface area contributed by atoms with Gasteiger partial charge in [-0.05, 0) is 23.3 Å². The van der Waals surface area contributed by atoms with E-state index in [4.69, 9.17) is 0 Å². The summed E-state index contributed by atoms with van der Waals surface area (Å²) in [5.41, 5.74) is 1.44. The van der Waals surface area contributed by atoms with Crippen molar-refractivity contribution in [2.45, 2.75) is 0 Å².